The molecule has 0 N–H and O–H groups in total. The Kier molecular flexibility index (Phi) is 4.13. The van der Waals surface area contributed by atoms with Crippen molar-refractivity contribution in [1.29, 1.82) is 0 Å². The van der Waals surface area contributed by atoms with Crippen molar-refractivity contribution in [3.8, 4) is 0 Å². The molecule has 1 aromatic heterocycles. The molecule has 1 aliphatic rings. The van der Waals surface area contributed by atoms with E-state index in [2.05, 4.69) is 9.97 Å². The summed E-state index contributed by atoms with van der Waals surface area (Å²) in [4.78, 5) is 15.4. The summed E-state index contributed by atoms with van der Waals surface area (Å²) in [6.45, 7) is 0. The molecule has 0 atom stereocenters. The fourth-order valence-corrected chi connectivity index (χ4v) is 2.72. The van der Waals surface area contributed by atoms with Crippen LogP contribution in [0.4, 0.5) is 10.2 Å². The summed E-state index contributed by atoms with van der Waals surface area (Å²) in [5, 5.41) is 0. The van der Waals surface area contributed by atoms with Crippen LogP contribution in [0, 0.1) is 5.82 Å². The van der Waals surface area contributed by atoms with Gasteiger partial charge >= 0.3 is 0 Å². The van der Waals surface area contributed by atoms with Crippen LogP contribution in [0.2, 0.25) is 0 Å². The van der Waals surface area contributed by atoms with Gasteiger partial charge in [0.25, 0.3) is 0 Å². The van der Waals surface area contributed by atoms with E-state index in [9.17, 15) is 4.39 Å². The largest absolute Gasteiger partial charge is 0.362 e. The van der Waals surface area contributed by atoms with Crippen molar-refractivity contribution in [2.45, 2.75) is 25.7 Å². The fraction of sp³-hybridized carbons (Fsp3) is 0.353. The molecular formula is C17H19FN4. The van der Waals surface area contributed by atoms with Gasteiger partial charge in [-0.2, -0.15) is 0 Å². The smallest absolute Gasteiger partial charge is 0.161 e. The van der Waals surface area contributed by atoms with Crippen LogP contribution in [0.3, 0.4) is 0 Å². The number of nitrogens with zero attached hydrogens (tertiary/aromatic N) is 4. The third-order valence-electron chi connectivity index (χ3n) is 3.84. The Bertz CT molecular complexity index is 692. The van der Waals surface area contributed by atoms with Crippen LogP contribution in [0.25, 0.3) is 0 Å². The molecule has 1 heterocycles. The van der Waals surface area contributed by atoms with Crippen LogP contribution in [-0.4, -0.2) is 34.8 Å². The fourth-order valence-electron chi connectivity index (χ4n) is 2.72. The minimum atomic E-state index is -0.249. The Hall–Kier alpha value is -2.30. The Labute approximate surface area is 129 Å². The summed E-state index contributed by atoms with van der Waals surface area (Å²) in [6.07, 6.45) is 5.87. The standard InChI is InChI=1S/C17H19FN4/c1-22(2)17(12-7-9-13(18)10-8-12)21-16-14-5-3-4-6-15(14)19-11-20-16/h7-11H,3-6H2,1-2H3. The monoisotopic (exact) mass is 298 g/mol. The van der Waals surface area contributed by atoms with Gasteiger partial charge in [0.1, 0.15) is 18.0 Å². The highest BCUT2D eigenvalue weighted by molar-refractivity contribution is 5.99. The first-order valence-electron chi connectivity index (χ1n) is 7.50. The summed E-state index contributed by atoms with van der Waals surface area (Å²) in [6, 6.07) is 6.37. The zero-order valence-corrected chi connectivity index (χ0v) is 12.9. The lowest BCUT2D eigenvalue weighted by atomic mass is 9.96. The number of rotatable bonds is 2. The number of halogens is 1. The molecule has 4 nitrogen and oxygen atoms in total. The lowest BCUT2D eigenvalue weighted by Gasteiger charge is -2.19. The molecule has 0 spiro atoms. The number of hydrogen-bond acceptors (Lipinski definition) is 3. The summed E-state index contributed by atoms with van der Waals surface area (Å²) in [7, 11) is 3.85. The van der Waals surface area contributed by atoms with Gasteiger partial charge in [0.15, 0.2) is 5.82 Å². The number of amidine groups is 1. The second-order valence-corrected chi connectivity index (χ2v) is 5.67. The zero-order valence-electron chi connectivity index (χ0n) is 12.9. The van der Waals surface area contributed by atoms with Crippen molar-refractivity contribution in [1.82, 2.24) is 14.9 Å². The quantitative estimate of drug-likeness (QED) is 0.632. The highest BCUT2D eigenvalue weighted by Gasteiger charge is 2.16. The Morgan fingerprint density at radius 2 is 1.82 bits per heavy atom. The molecule has 22 heavy (non-hydrogen) atoms. The average Bonchev–Trinajstić information content (AvgIpc) is 2.53. The molecule has 0 saturated heterocycles. The molecule has 114 valence electrons. The molecule has 0 fully saturated rings. The minimum absolute atomic E-state index is 0.249. The van der Waals surface area contributed by atoms with E-state index in [1.807, 2.05) is 19.0 Å². The number of benzene rings is 1. The van der Waals surface area contributed by atoms with E-state index >= 15 is 0 Å². The molecule has 0 saturated carbocycles. The van der Waals surface area contributed by atoms with Crippen molar-refractivity contribution in [3.05, 3.63) is 53.2 Å². The third-order valence-corrected chi connectivity index (χ3v) is 3.84. The molecule has 0 bridgehead atoms. The summed E-state index contributed by atoms with van der Waals surface area (Å²) in [5.74, 6) is 1.26. The highest BCUT2D eigenvalue weighted by Crippen LogP contribution is 2.27. The van der Waals surface area contributed by atoms with Crippen LogP contribution in [-0.2, 0) is 12.8 Å². The molecular weight excluding hydrogens is 279 g/mol. The van der Waals surface area contributed by atoms with Crippen molar-refractivity contribution < 1.29 is 4.39 Å². The van der Waals surface area contributed by atoms with E-state index in [0.29, 0.717) is 0 Å². The zero-order chi connectivity index (χ0) is 15.5. The van der Waals surface area contributed by atoms with Crippen molar-refractivity contribution in [2.24, 2.45) is 4.99 Å². The molecule has 0 amide bonds. The highest BCUT2D eigenvalue weighted by atomic mass is 19.1. The number of fused-ring (bicyclic) bond motifs is 1. The van der Waals surface area contributed by atoms with Crippen molar-refractivity contribution >= 4 is 11.7 Å². The summed E-state index contributed by atoms with van der Waals surface area (Å²) < 4.78 is 13.1. The predicted octanol–water partition coefficient (Wildman–Crippen LogP) is 3.13. The molecule has 3 rings (SSSR count). The Morgan fingerprint density at radius 1 is 1.09 bits per heavy atom. The van der Waals surface area contributed by atoms with Gasteiger partial charge in [-0.25, -0.2) is 19.4 Å². The van der Waals surface area contributed by atoms with E-state index in [-0.39, 0.29) is 5.82 Å². The SMILES string of the molecule is CN(C)C(=Nc1ncnc2c1CCCC2)c1ccc(F)cc1. The van der Waals surface area contributed by atoms with E-state index in [0.717, 1.165) is 47.7 Å². The number of aromatic nitrogens is 2. The van der Waals surface area contributed by atoms with Gasteiger partial charge in [0.2, 0.25) is 0 Å². The van der Waals surface area contributed by atoms with Crippen LogP contribution < -0.4 is 0 Å². The lowest BCUT2D eigenvalue weighted by molar-refractivity contribution is 0.618. The lowest BCUT2D eigenvalue weighted by Crippen LogP contribution is -2.23. The molecule has 0 radical (unpaired) electrons. The van der Waals surface area contributed by atoms with Crippen LogP contribution in [0.5, 0.6) is 0 Å². The van der Waals surface area contributed by atoms with Crippen LogP contribution >= 0.6 is 0 Å². The molecule has 1 aromatic carbocycles. The van der Waals surface area contributed by atoms with E-state index < -0.39 is 0 Å². The normalized spacial score (nSPS) is 14.6. The third kappa shape index (κ3) is 2.98. The second-order valence-electron chi connectivity index (χ2n) is 5.67. The Balaban J connectivity index is 2.05. The van der Waals surface area contributed by atoms with Crippen LogP contribution in [0.1, 0.15) is 29.7 Å². The molecule has 5 heteroatoms. The number of aryl methyl sites for hydroxylation is 1. The van der Waals surface area contributed by atoms with Gasteiger partial charge in [-0.15, -0.1) is 0 Å². The number of aliphatic imine (C=N–C) groups is 1. The maximum Gasteiger partial charge on any atom is 0.161 e. The Morgan fingerprint density at radius 3 is 2.55 bits per heavy atom. The first-order chi connectivity index (χ1) is 10.6. The first kappa shape index (κ1) is 14.6. The van der Waals surface area contributed by atoms with E-state index in [4.69, 9.17) is 4.99 Å². The minimum Gasteiger partial charge on any atom is -0.362 e. The van der Waals surface area contributed by atoms with Gasteiger partial charge in [-0.3, -0.25) is 0 Å². The average molecular weight is 298 g/mol. The van der Waals surface area contributed by atoms with Crippen molar-refractivity contribution in [3.63, 3.8) is 0 Å². The van der Waals surface area contributed by atoms with Crippen molar-refractivity contribution in [2.75, 3.05) is 14.1 Å². The topological polar surface area (TPSA) is 41.4 Å². The summed E-state index contributed by atoms with van der Waals surface area (Å²) >= 11 is 0. The molecule has 0 aliphatic heterocycles. The maximum absolute atomic E-state index is 13.1. The molecule has 1 aliphatic carbocycles. The van der Waals surface area contributed by atoms with Gasteiger partial charge in [0, 0.05) is 30.9 Å². The van der Waals surface area contributed by atoms with E-state index in [1.54, 1.807) is 18.5 Å². The number of hydrogen-bond donors (Lipinski definition) is 0. The maximum atomic E-state index is 13.1. The van der Waals surface area contributed by atoms with Gasteiger partial charge < -0.3 is 4.90 Å². The molecule has 2 aromatic rings. The first-order valence-corrected chi connectivity index (χ1v) is 7.50. The van der Waals surface area contributed by atoms with Gasteiger partial charge in [-0.1, -0.05) is 0 Å². The second kappa shape index (κ2) is 6.22. The predicted molar refractivity (Wildman–Crippen MR) is 85.0 cm³/mol. The summed E-state index contributed by atoms with van der Waals surface area (Å²) in [5.41, 5.74) is 3.13. The molecule has 0 unspecified atom stereocenters. The van der Waals surface area contributed by atoms with E-state index in [1.165, 1.54) is 18.6 Å². The van der Waals surface area contributed by atoms with Gasteiger partial charge in [0.05, 0.1) is 0 Å². The van der Waals surface area contributed by atoms with Gasteiger partial charge in [-0.05, 0) is 49.9 Å². The van der Waals surface area contributed by atoms with Crippen LogP contribution in [0.15, 0.2) is 35.6 Å².